The van der Waals surface area contributed by atoms with E-state index in [0.717, 1.165) is 33.5 Å². The maximum atomic E-state index is 11.8. The molecule has 0 amide bonds. The molecule has 0 aliphatic rings. The predicted octanol–water partition coefficient (Wildman–Crippen LogP) is 4.21. The predicted molar refractivity (Wildman–Crippen MR) is 103 cm³/mol. The summed E-state index contributed by atoms with van der Waals surface area (Å²) in [6.45, 7) is 4.22. The van der Waals surface area contributed by atoms with Gasteiger partial charge in [0.05, 0.1) is 21.6 Å². The molecule has 0 aliphatic carbocycles. The highest BCUT2D eigenvalue weighted by molar-refractivity contribution is 7.16. The fraction of sp³-hybridized carbons (Fsp3) is 0.222. The van der Waals surface area contributed by atoms with E-state index in [-0.39, 0.29) is 17.3 Å². The van der Waals surface area contributed by atoms with Crippen molar-refractivity contribution in [2.24, 2.45) is 7.05 Å². The molecule has 4 rings (SSSR count). The van der Waals surface area contributed by atoms with E-state index in [0.29, 0.717) is 0 Å². The molecule has 24 heavy (non-hydrogen) atoms. The Morgan fingerprint density at radius 1 is 1.21 bits per heavy atom. The molecular weight excluding hydrogens is 342 g/mol. The van der Waals surface area contributed by atoms with Gasteiger partial charge in [-0.15, -0.1) is 12.4 Å². The standard InChI is InChI=1S/C18H17N3OS.ClH/c1-4-13-17(19-16-9-11(2)7-8-21(13)16)12-5-6-15-14(10-12)20(3)18(22)23-15;/h5-10H,4H2,1-3H3;1H. The van der Waals surface area contributed by atoms with Crippen molar-refractivity contribution in [2.75, 3.05) is 0 Å². The summed E-state index contributed by atoms with van der Waals surface area (Å²) in [5.74, 6) is 0. The fourth-order valence-electron chi connectivity index (χ4n) is 3.04. The Balaban J connectivity index is 0.00000169. The van der Waals surface area contributed by atoms with Crippen molar-refractivity contribution in [2.45, 2.75) is 20.3 Å². The SMILES string of the molecule is CCc1c(-c2ccc3sc(=O)n(C)c3c2)nc2cc(C)ccn12.Cl. The lowest BCUT2D eigenvalue weighted by molar-refractivity contribution is 0.938. The number of aromatic nitrogens is 3. The molecule has 0 N–H and O–H groups in total. The van der Waals surface area contributed by atoms with Crippen molar-refractivity contribution in [1.29, 1.82) is 0 Å². The molecule has 0 bridgehead atoms. The Morgan fingerprint density at radius 3 is 2.75 bits per heavy atom. The van der Waals surface area contributed by atoms with Gasteiger partial charge in [-0.2, -0.15) is 0 Å². The number of imidazole rings is 1. The lowest BCUT2D eigenvalue weighted by Gasteiger charge is -2.03. The minimum Gasteiger partial charge on any atom is -0.303 e. The van der Waals surface area contributed by atoms with Gasteiger partial charge in [-0.05, 0) is 43.2 Å². The van der Waals surface area contributed by atoms with Crippen LogP contribution in [-0.2, 0) is 13.5 Å². The first-order valence-electron chi connectivity index (χ1n) is 7.66. The highest BCUT2D eigenvalue weighted by atomic mass is 35.5. The Hall–Kier alpha value is -2.11. The van der Waals surface area contributed by atoms with Crippen molar-refractivity contribution in [3.63, 3.8) is 0 Å². The van der Waals surface area contributed by atoms with Gasteiger partial charge in [-0.1, -0.05) is 24.3 Å². The van der Waals surface area contributed by atoms with Gasteiger partial charge in [-0.25, -0.2) is 4.98 Å². The van der Waals surface area contributed by atoms with E-state index in [4.69, 9.17) is 4.98 Å². The molecule has 124 valence electrons. The quantitative estimate of drug-likeness (QED) is 0.538. The fourth-order valence-corrected chi connectivity index (χ4v) is 3.90. The Labute approximate surface area is 149 Å². The van der Waals surface area contributed by atoms with Crippen LogP contribution in [0, 0.1) is 6.92 Å². The van der Waals surface area contributed by atoms with Crippen LogP contribution in [0.15, 0.2) is 41.3 Å². The molecule has 4 nitrogen and oxygen atoms in total. The van der Waals surface area contributed by atoms with E-state index in [1.165, 1.54) is 22.6 Å². The number of hydrogen-bond donors (Lipinski definition) is 0. The van der Waals surface area contributed by atoms with Crippen molar-refractivity contribution in [1.82, 2.24) is 14.0 Å². The second-order valence-corrected chi connectivity index (χ2v) is 6.80. The van der Waals surface area contributed by atoms with Gasteiger partial charge in [0.1, 0.15) is 5.65 Å². The lowest BCUT2D eigenvalue weighted by Crippen LogP contribution is -2.06. The van der Waals surface area contributed by atoms with Crippen LogP contribution >= 0.6 is 23.7 Å². The van der Waals surface area contributed by atoms with Crippen LogP contribution in [0.5, 0.6) is 0 Å². The van der Waals surface area contributed by atoms with Gasteiger partial charge in [0.25, 0.3) is 0 Å². The zero-order chi connectivity index (χ0) is 16.1. The number of fused-ring (bicyclic) bond motifs is 2. The maximum absolute atomic E-state index is 11.8. The number of nitrogens with zero attached hydrogens (tertiary/aromatic N) is 3. The number of pyridine rings is 1. The monoisotopic (exact) mass is 359 g/mol. The summed E-state index contributed by atoms with van der Waals surface area (Å²) in [6, 6.07) is 10.4. The highest BCUT2D eigenvalue weighted by Gasteiger charge is 2.14. The normalized spacial score (nSPS) is 11.1. The summed E-state index contributed by atoms with van der Waals surface area (Å²) in [7, 11) is 1.82. The average molecular weight is 360 g/mol. The minimum atomic E-state index is 0. The number of thiazole rings is 1. The Bertz CT molecular complexity index is 1110. The maximum Gasteiger partial charge on any atom is 0.307 e. The van der Waals surface area contributed by atoms with Gasteiger partial charge in [0, 0.05) is 18.8 Å². The first-order chi connectivity index (χ1) is 11.1. The van der Waals surface area contributed by atoms with Gasteiger partial charge in [-0.3, -0.25) is 4.79 Å². The van der Waals surface area contributed by atoms with Crippen LogP contribution in [0.4, 0.5) is 0 Å². The summed E-state index contributed by atoms with van der Waals surface area (Å²) in [5.41, 5.74) is 6.39. The highest BCUT2D eigenvalue weighted by Crippen LogP contribution is 2.29. The number of rotatable bonds is 2. The van der Waals surface area contributed by atoms with Gasteiger partial charge in [0.15, 0.2) is 0 Å². The third-order valence-electron chi connectivity index (χ3n) is 4.28. The van der Waals surface area contributed by atoms with Gasteiger partial charge in [0.2, 0.25) is 0 Å². The van der Waals surface area contributed by atoms with Crippen LogP contribution < -0.4 is 4.87 Å². The molecule has 1 aromatic carbocycles. The van der Waals surface area contributed by atoms with Crippen LogP contribution in [0.25, 0.3) is 27.1 Å². The molecule has 0 radical (unpaired) electrons. The molecule has 3 aromatic heterocycles. The molecule has 4 aromatic rings. The second kappa shape index (κ2) is 6.07. The third-order valence-corrected chi connectivity index (χ3v) is 5.29. The zero-order valence-electron chi connectivity index (χ0n) is 13.7. The third kappa shape index (κ3) is 2.44. The molecule has 0 spiro atoms. The van der Waals surface area contributed by atoms with Gasteiger partial charge >= 0.3 is 4.87 Å². The average Bonchev–Trinajstić information content (AvgIpc) is 3.04. The van der Waals surface area contributed by atoms with Crippen molar-refractivity contribution in [3.8, 4) is 11.3 Å². The van der Waals surface area contributed by atoms with Crippen molar-refractivity contribution >= 4 is 39.6 Å². The van der Waals surface area contributed by atoms with Gasteiger partial charge < -0.3 is 8.97 Å². The molecule has 0 atom stereocenters. The van der Waals surface area contributed by atoms with Crippen molar-refractivity contribution < 1.29 is 0 Å². The largest absolute Gasteiger partial charge is 0.307 e. The minimum absolute atomic E-state index is 0. The smallest absolute Gasteiger partial charge is 0.303 e. The summed E-state index contributed by atoms with van der Waals surface area (Å²) in [6.07, 6.45) is 2.99. The number of benzene rings is 1. The summed E-state index contributed by atoms with van der Waals surface area (Å²) >= 11 is 1.28. The molecule has 0 fully saturated rings. The molecule has 6 heteroatoms. The number of halogens is 1. The molecule has 0 unspecified atom stereocenters. The molecule has 0 saturated carbocycles. The molecular formula is C18H18ClN3OS. The van der Waals surface area contributed by atoms with Crippen LogP contribution in [-0.4, -0.2) is 14.0 Å². The Morgan fingerprint density at radius 2 is 2.00 bits per heavy atom. The first-order valence-corrected chi connectivity index (χ1v) is 8.47. The van der Waals surface area contributed by atoms with E-state index in [1.807, 2.05) is 13.1 Å². The van der Waals surface area contributed by atoms with Crippen LogP contribution in [0.3, 0.4) is 0 Å². The van der Waals surface area contributed by atoms with E-state index in [2.05, 4.69) is 48.7 Å². The summed E-state index contributed by atoms with van der Waals surface area (Å²) in [4.78, 5) is 16.8. The van der Waals surface area contributed by atoms with Crippen molar-refractivity contribution in [3.05, 3.63) is 57.5 Å². The molecule has 0 saturated heterocycles. The summed E-state index contributed by atoms with van der Waals surface area (Å²) in [5, 5.41) is 0. The van der Waals surface area contributed by atoms with E-state index in [9.17, 15) is 4.79 Å². The second-order valence-electron chi connectivity index (χ2n) is 5.80. The zero-order valence-corrected chi connectivity index (χ0v) is 15.4. The van der Waals surface area contributed by atoms with Crippen LogP contribution in [0.2, 0.25) is 0 Å². The van der Waals surface area contributed by atoms with E-state index >= 15 is 0 Å². The molecule has 3 heterocycles. The lowest BCUT2D eigenvalue weighted by atomic mass is 10.1. The number of aryl methyl sites for hydroxylation is 3. The topological polar surface area (TPSA) is 39.3 Å². The number of hydrogen-bond acceptors (Lipinski definition) is 3. The van der Waals surface area contributed by atoms with E-state index in [1.54, 1.807) is 4.57 Å². The van der Waals surface area contributed by atoms with E-state index < -0.39 is 0 Å². The first kappa shape index (κ1) is 16.7. The molecule has 0 aliphatic heterocycles. The summed E-state index contributed by atoms with van der Waals surface area (Å²) < 4.78 is 4.87. The Kier molecular flexibility index (Phi) is 4.24. The van der Waals surface area contributed by atoms with Crippen LogP contribution in [0.1, 0.15) is 18.2 Å².